The van der Waals surface area contributed by atoms with Gasteiger partial charge < -0.3 is 5.32 Å². The molecule has 0 amide bonds. The van der Waals surface area contributed by atoms with E-state index in [1.165, 1.54) is 25.4 Å². The minimum Gasteiger partial charge on any atom is -0.373 e. The van der Waals surface area contributed by atoms with Crippen LogP contribution in [0.15, 0.2) is 47.5 Å². The molecule has 21 heavy (non-hydrogen) atoms. The molecule has 0 fully saturated rings. The Balaban J connectivity index is 2.39. The molecule has 2 aromatic rings. The Morgan fingerprint density at radius 3 is 2.62 bits per heavy atom. The zero-order chi connectivity index (χ0) is 15.5. The van der Waals surface area contributed by atoms with E-state index in [-0.39, 0.29) is 4.90 Å². The Morgan fingerprint density at radius 2 is 2.05 bits per heavy atom. The topological polar surface area (TPSA) is 86.1 Å². The third-order valence-electron chi connectivity index (χ3n) is 2.99. The number of pyridine rings is 1. The molecular formula is C14H14N4O2S. The Bertz CT molecular complexity index is 779. The number of hydrogen-bond donors (Lipinski definition) is 1. The standard InChI is InChI=1S/C14H14N4O2S/c1-16-14-7-6-13(10-17-14)21(19,20)18(2)12-5-3-4-11(8-12)9-15/h3-8,10H,1-2H3,(H,16,17). The zero-order valence-corrected chi connectivity index (χ0v) is 12.4. The van der Waals surface area contributed by atoms with Crippen LogP contribution < -0.4 is 9.62 Å². The maximum absolute atomic E-state index is 12.5. The molecule has 6 nitrogen and oxygen atoms in total. The molecule has 0 unspecified atom stereocenters. The molecule has 0 atom stereocenters. The highest BCUT2D eigenvalue weighted by molar-refractivity contribution is 7.92. The highest BCUT2D eigenvalue weighted by Crippen LogP contribution is 2.22. The minimum atomic E-state index is -3.71. The first-order valence-electron chi connectivity index (χ1n) is 6.12. The smallest absolute Gasteiger partial charge is 0.265 e. The van der Waals surface area contributed by atoms with Gasteiger partial charge in [0.2, 0.25) is 0 Å². The number of rotatable bonds is 4. The summed E-state index contributed by atoms with van der Waals surface area (Å²) in [7, 11) is -0.562. The fourth-order valence-electron chi connectivity index (χ4n) is 1.75. The molecule has 7 heteroatoms. The van der Waals surface area contributed by atoms with Crippen molar-refractivity contribution in [2.24, 2.45) is 0 Å². The van der Waals surface area contributed by atoms with Crippen molar-refractivity contribution in [2.75, 3.05) is 23.7 Å². The highest BCUT2D eigenvalue weighted by atomic mass is 32.2. The van der Waals surface area contributed by atoms with Crippen molar-refractivity contribution in [1.29, 1.82) is 5.26 Å². The van der Waals surface area contributed by atoms with E-state index in [0.29, 0.717) is 17.1 Å². The predicted molar refractivity (Wildman–Crippen MR) is 80.5 cm³/mol. The maximum Gasteiger partial charge on any atom is 0.265 e. The molecule has 0 saturated carbocycles. The van der Waals surface area contributed by atoms with Gasteiger partial charge in [-0.15, -0.1) is 0 Å². The molecule has 0 aliphatic carbocycles. The monoisotopic (exact) mass is 302 g/mol. The highest BCUT2D eigenvalue weighted by Gasteiger charge is 2.21. The molecule has 2 rings (SSSR count). The molecule has 1 aromatic heterocycles. The van der Waals surface area contributed by atoms with Crippen LogP contribution in [0.1, 0.15) is 5.56 Å². The molecule has 0 aliphatic rings. The predicted octanol–water partition coefficient (Wildman–Crippen LogP) is 1.82. The number of nitrogens with zero attached hydrogens (tertiary/aromatic N) is 3. The van der Waals surface area contributed by atoms with Crippen molar-refractivity contribution in [3.05, 3.63) is 48.2 Å². The minimum absolute atomic E-state index is 0.0892. The van der Waals surface area contributed by atoms with Gasteiger partial charge in [-0.25, -0.2) is 13.4 Å². The lowest BCUT2D eigenvalue weighted by Gasteiger charge is -2.19. The van der Waals surface area contributed by atoms with Crippen LogP contribution >= 0.6 is 0 Å². The largest absolute Gasteiger partial charge is 0.373 e. The Hall–Kier alpha value is -2.59. The van der Waals surface area contributed by atoms with Gasteiger partial charge >= 0.3 is 0 Å². The SMILES string of the molecule is CNc1ccc(S(=O)(=O)N(C)c2cccc(C#N)c2)cn1. The average molecular weight is 302 g/mol. The van der Waals surface area contributed by atoms with E-state index in [1.807, 2.05) is 6.07 Å². The summed E-state index contributed by atoms with van der Waals surface area (Å²) < 4.78 is 26.2. The summed E-state index contributed by atoms with van der Waals surface area (Å²) in [5.74, 6) is 0.586. The van der Waals surface area contributed by atoms with Gasteiger partial charge in [0.15, 0.2) is 0 Å². The zero-order valence-electron chi connectivity index (χ0n) is 11.6. The summed E-state index contributed by atoms with van der Waals surface area (Å²) in [5.41, 5.74) is 0.824. The summed E-state index contributed by atoms with van der Waals surface area (Å²) >= 11 is 0. The molecule has 0 radical (unpaired) electrons. The van der Waals surface area contributed by atoms with Crippen molar-refractivity contribution >= 4 is 21.5 Å². The van der Waals surface area contributed by atoms with Gasteiger partial charge in [-0.1, -0.05) is 6.07 Å². The second-order valence-corrected chi connectivity index (χ2v) is 6.23. The van der Waals surface area contributed by atoms with Gasteiger partial charge in [0.05, 0.1) is 17.3 Å². The molecule has 0 spiro atoms. The van der Waals surface area contributed by atoms with Gasteiger partial charge in [-0.2, -0.15) is 5.26 Å². The van der Waals surface area contributed by atoms with Gasteiger partial charge in [-0.3, -0.25) is 4.31 Å². The first-order valence-corrected chi connectivity index (χ1v) is 7.56. The van der Waals surface area contributed by atoms with E-state index in [4.69, 9.17) is 5.26 Å². The summed E-state index contributed by atoms with van der Waals surface area (Å²) in [6.07, 6.45) is 1.30. The summed E-state index contributed by atoms with van der Waals surface area (Å²) in [6, 6.07) is 11.5. The molecule has 108 valence electrons. The van der Waals surface area contributed by atoms with Crippen LogP contribution in [0.2, 0.25) is 0 Å². The summed E-state index contributed by atoms with van der Waals surface area (Å²) in [5, 5.41) is 11.7. The quantitative estimate of drug-likeness (QED) is 0.931. The average Bonchev–Trinajstić information content (AvgIpc) is 2.54. The van der Waals surface area contributed by atoms with E-state index in [0.717, 1.165) is 4.31 Å². The number of nitriles is 1. The molecule has 1 N–H and O–H groups in total. The van der Waals surface area contributed by atoms with E-state index in [2.05, 4.69) is 10.3 Å². The van der Waals surface area contributed by atoms with Crippen LogP contribution in [0.4, 0.5) is 11.5 Å². The van der Waals surface area contributed by atoms with Crippen LogP contribution in [-0.4, -0.2) is 27.5 Å². The second-order valence-electron chi connectivity index (χ2n) is 4.26. The lowest BCUT2D eigenvalue weighted by molar-refractivity contribution is 0.594. The second kappa shape index (κ2) is 5.81. The normalized spacial score (nSPS) is 10.7. The molecular weight excluding hydrogens is 288 g/mol. The number of benzene rings is 1. The third-order valence-corrected chi connectivity index (χ3v) is 4.76. The van der Waals surface area contributed by atoms with Crippen LogP contribution in [0.3, 0.4) is 0 Å². The number of aromatic nitrogens is 1. The van der Waals surface area contributed by atoms with Crippen molar-refractivity contribution in [2.45, 2.75) is 4.90 Å². The van der Waals surface area contributed by atoms with Crippen LogP contribution in [-0.2, 0) is 10.0 Å². The van der Waals surface area contributed by atoms with E-state index in [9.17, 15) is 8.42 Å². The lowest BCUT2D eigenvalue weighted by atomic mass is 10.2. The fraction of sp³-hybridized carbons (Fsp3) is 0.143. The molecule has 0 saturated heterocycles. The van der Waals surface area contributed by atoms with Crippen molar-refractivity contribution in [1.82, 2.24) is 4.98 Å². The van der Waals surface area contributed by atoms with Crippen molar-refractivity contribution in [3.8, 4) is 6.07 Å². The van der Waals surface area contributed by atoms with E-state index >= 15 is 0 Å². The summed E-state index contributed by atoms with van der Waals surface area (Å²) in [6.45, 7) is 0. The van der Waals surface area contributed by atoms with Crippen LogP contribution in [0, 0.1) is 11.3 Å². The molecule has 0 bridgehead atoms. The van der Waals surface area contributed by atoms with Crippen LogP contribution in [0.5, 0.6) is 0 Å². The molecule has 0 aliphatic heterocycles. The van der Waals surface area contributed by atoms with Crippen molar-refractivity contribution in [3.63, 3.8) is 0 Å². The van der Waals surface area contributed by atoms with Crippen molar-refractivity contribution < 1.29 is 8.42 Å². The first kappa shape index (κ1) is 14.8. The van der Waals surface area contributed by atoms with Gasteiger partial charge in [0.1, 0.15) is 10.7 Å². The van der Waals surface area contributed by atoms with Gasteiger partial charge in [0.25, 0.3) is 10.0 Å². The first-order chi connectivity index (χ1) is 9.98. The Morgan fingerprint density at radius 1 is 1.29 bits per heavy atom. The number of hydrogen-bond acceptors (Lipinski definition) is 5. The summed E-state index contributed by atoms with van der Waals surface area (Å²) in [4.78, 5) is 4.09. The Kier molecular flexibility index (Phi) is 4.10. The number of nitrogens with one attached hydrogen (secondary N) is 1. The fourth-order valence-corrected chi connectivity index (χ4v) is 2.88. The molecule has 1 aromatic carbocycles. The third kappa shape index (κ3) is 2.95. The Labute approximate surface area is 123 Å². The van der Waals surface area contributed by atoms with Gasteiger partial charge in [0, 0.05) is 20.3 Å². The maximum atomic E-state index is 12.5. The lowest BCUT2D eigenvalue weighted by Crippen LogP contribution is -2.26. The number of anilines is 2. The van der Waals surface area contributed by atoms with Gasteiger partial charge in [-0.05, 0) is 30.3 Å². The van der Waals surface area contributed by atoms with E-state index in [1.54, 1.807) is 31.3 Å². The number of sulfonamides is 1. The molecule has 1 heterocycles. The van der Waals surface area contributed by atoms with E-state index < -0.39 is 10.0 Å². The van der Waals surface area contributed by atoms with Crippen LogP contribution in [0.25, 0.3) is 0 Å².